The molecule has 0 radical (unpaired) electrons. The molecule has 7 nitrogen and oxygen atoms in total. The zero-order valence-corrected chi connectivity index (χ0v) is 16.9. The highest BCUT2D eigenvalue weighted by Crippen LogP contribution is 2.64. The Morgan fingerprint density at radius 3 is 2.38 bits per heavy atom. The molecule has 0 amide bonds. The van der Waals surface area contributed by atoms with E-state index >= 15 is 0 Å². The Hall–Kier alpha value is -1.25. The molecule has 0 aromatic heterocycles. The number of ether oxygens (including phenoxy) is 1. The average Bonchev–Trinajstić information content (AvgIpc) is 2.79. The van der Waals surface area contributed by atoms with Crippen LogP contribution < -0.4 is 5.73 Å². The maximum absolute atomic E-state index is 11.9. The van der Waals surface area contributed by atoms with E-state index in [1.165, 1.54) is 0 Å². The van der Waals surface area contributed by atoms with Crippen LogP contribution in [-0.2, 0) is 24.4 Å². The van der Waals surface area contributed by atoms with Crippen molar-refractivity contribution in [3.05, 3.63) is 12.2 Å². The summed E-state index contributed by atoms with van der Waals surface area (Å²) < 4.78 is 35.7. The quantitative estimate of drug-likeness (QED) is 0.405. The fraction of sp³-hybridized carbons (Fsp3) is 0.778. The predicted molar refractivity (Wildman–Crippen MR) is 99.0 cm³/mol. The van der Waals surface area contributed by atoms with Gasteiger partial charge >= 0.3 is 5.97 Å². The third-order valence-corrected chi connectivity index (χ3v) is 6.58. The van der Waals surface area contributed by atoms with Gasteiger partial charge in [-0.1, -0.05) is 19.4 Å². The lowest BCUT2D eigenvalue weighted by Crippen LogP contribution is -2.42. The minimum atomic E-state index is -4.08. The minimum Gasteiger partial charge on any atom is -0.465 e. The van der Waals surface area contributed by atoms with Gasteiger partial charge in [-0.15, -0.1) is 6.58 Å². The molecule has 0 unspecified atom stereocenters. The van der Waals surface area contributed by atoms with Crippen molar-refractivity contribution in [2.75, 3.05) is 12.4 Å². The van der Waals surface area contributed by atoms with Crippen LogP contribution in [0.3, 0.4) is 0 Å². The first-order valence-corrected chi connectivity index (χ1v) is 10.4. The van der Waals surface area contributed by atoms with Crippen LogP contribution in [0.25, 0.3) is 0 Å². The van der Waals surface area contributed by atoms with E-state index < -0.39 is 27.3 Å². The molecule has 2 aliphatic rings. The second-order valence-corrected chi connectivity index (χ2v) is 9.37. The van der Waals surface area contributed by atoms with Crippen molar-refractivity contribution in [1.29, 1.82) is 0 Å². The highest BCUT2D eigenvalue weighted by atomic mass is 32.2. The first-order valence-electron chi connectivity index (χ1n) is 8.82. The Morgan fingerprint density at radius 1 is 1.46 bits per heavy atom. The Bertz CT molecular complexity index is 669. The molecule has 2 fully saturated rings. The first kappa shape index (κ1) is 22.8. The smallest absolute Gasteiger partial charge is 0.323 e. The van der Waals surface area contributed by atoms with E-state index in [1.54, 1.807) is 6.92 Å². The summed E-state index contributed by atoms with van der Waals surface area (Å²) in [5.74, 6) is -0.453. The maximum atomic E-state index is 11.9. The number of carbonyl (C=O) groups is 2. The van der Waals surface area contributed by atoms with Crippen LogP contribution in [0.15, 0.2) is 12.2 Å². The molecule has 0 saturated heterocycles. The van der Waals surface area contributed by atoms with Crippen molar-refractivity contribution in [3.8, 4) is 0 Å². The summed E-state index contributed by atoms with van der Waals surface area (Å²) in [7, 11) is -4.08. The molecule has 2 rings (SSSR count). The Kier molecular flexibility index (Phi) is 7.18. The van der Waals surface area contributed by atoms with Gasteiger partial charge in [0.05, 0.1) is 17.8 Å². The van der Waals surface area contributed by atoms with Gasteiger partial charge in [-0.3, -0.25) is 14.1 Å². The molecule has 3 atom stereocenters. The largest absolute Gasteiger partial charge is 0.465 e. The Balaban J connectivity index is 0.000000276. The summed E-state index contributed by atoms with van der Waals surface area (Å²) in [6.07, 6.45) is 2.47. The number of fused-ring (bicyclic) bond motifs is 2. The summed E-state index contributed by atoms with van der Waals surface area (Å²) in [5.41, 5.74) is 5.24. The highest BCUT2D eigenvalue weighted by Gasteiger charge is 2.65. The van der Waals surface area contributed by atoms with Crippen molar-refractivity contribution in [1.82, 2.24) is 0 Å². The minimum absolute atomic E-state index is 0.0152. The number of rotatable bonds is 6. The zero-order chi connectivity index (χ0) is 20.3. The fourth-order valence-corrected chi connectivity index (χ4v) is 5.43. The number of hydrogen-bond donors (Lipinski definition) is 2. The number of esters is 1. The van der Waals surface area contributed by atoms with Gasteiger partial charge in [0.2, 0.25) is 0 Å². The molecule has 26 heavy (non-hydrogen) atoms. The Labute approximate surface area is 156 Å². The van der Waals surface area contributed by atoms with Crippen LogP contribution in [0, 0.1) is 16.7 Å². The number of Topliss-reactive ketones (excluding diaryl/α,β-unsaturated/α-hetero) is 1. The number of hydrogen-bond acceptors (Lipinski definition) is 6. The van der Waals surface area contributed by atoms with Crippen molar-refractivity contribution in [3.63, 3.8) is 0 Å². The number of ketones is 1. The molecule has 0 spiro atoms. The summed E-state index contributed by atoms with van der Waals surface area (Å²) in [5, 5.41) is 0. The second-order valence-electron chi connectivity index (χ2n) is 7.91. The molecule has 8 heteroatoms. The molecule has 2 saturated carbocycles. The van der Waals surface area contributed by atoms with Crippen LogP contribution in [0.1, 0.15) is 53.4 Å². The molecule has 3 N–H and O–H groups in total. The fourth-order valence-electron chi connectivity index (χ4n) is 4.13. The van der Waals surface area contributed by atoms with Crippen molar-refractivity contribution < 1.29 is 27.3 Å². The standard InChI is InChI=1S/C10H16O4S.C8H15NO2/c1-9(2)7-3-4-10(9,8(11)5-7)6-15(12,13)14;1-4-11-8(10)7(9)5-6(2)3/h7H,3-6H2,1-2H3,(H,12,13,14);7H,2,4-5,9H2,1,3H3/t7-,10-;7-/m00/s1. The maximum Gasteiger partial charge on any atom is 0.323 e. The Morgan fingerprint density at radius 2 is 2.04 bits per heavy atom. The lowest BCUT2D eigenvalue weighted by atomic mass is 9.70. The summed E-state index contributed by atoms with van der Waals surface area (Å²) in [4.78, 5) is 22.8. The topological polar surface area (TPSA) is 124 Å². The molecule has 2 bridgehead atoms. The van der Waals surface area contributed by atoms with Crippen molar-refractivity contribution >= 4 is 21.9 Å². The zero-order valence-electron chi connectivity index (χ0n) is 16.1. The van der Waals surface area contributed by atoms with E-state index in [-0.39, 0.29) is 23.1 Å². The predicted octanol–water partition coefficient (Wildman–Crippen LogP) is 2.11. The molecule has 150 valence electrons. The average molecular weight is 390 g/mol. The lowest BCUT2D eigenvalue weighted by molar-refractivity contribution is -0.144. The normalized spacial score (nSPS) is 27.5. The van der Waals surface area contributed by atoms with Gasteiger partial charge in [-0.2, -0.15) is 8.42 Å². The summed E-state index contributed by atoms with van der Waals surface area (Å²) >= 11 is 0. The van der Waals surface area contributed by atoms with Gasteiger partial charge in [0.15, 0.2) is 0 Å². The van der Waals surface area contributed by atoms with E-state index in [4.69, 9.17) is 15.0 Å². The van der Waals surface area contributed by atoms with Gasteiger partial charge in [0, 0.05) is 6.42 Å². The molecular formula is C18H31NO6S. The molecule has 0 aromatic rings. The van der Waals surface area contributed by atoms with E-state index in [1.807, 2.05) is 20.8 Å². The van der Waals surface area contributed by atoms with Crippen LogP contribution in [0.2, 0.25) is 0 Å². The van der Waals surface area contributed by atoms with E-state index in [9.17, 15) is 18.0 Å². The van der Waals surface area contributed by atoms with Gasteiger partial charge in [-0.05, 0) is 44.4 Å². The van der Waals surface area contributed by atoms with Crippen LogP contribution in [0.5, 0.6) is 0 Å². The molecule has 0 aliphatic heterocycles. The van der Waals surface area contributed by atoms with Crippen LogP contribution >= 0.6 is 0 Å². The third kappa shape index (κ3) is 4.92. The highest BCUT2D eigenvalue weighted by molar-refractivity contribution is 7.85. The van der Waals surface area contributed by atoms with Crippen molar-refractivity contribution in [2.24, 2.45) is 22.5 Å². The van der Waals surface area contributed by atoms with Gasteiger partial charge in [0.1, 0.15) is 11.8 Å². The monoisotopic (exact) mass is 389 g/mol. The van der Waals surface area contributed by atoms with Gasteiger partial charge in [0.25, 0.3) is 10.1 Å². The van der Waals surface area contributed by atoms with E-state index in [0.29, 0.717) is 25.9 Å². The summed E-state index contributed by atoms with van der Waals surface area (Å²) in [6.45, 7) is 11.5. The molecular weight excluding hydrogens is 358 g/mol. The van der Waals surface area contributed by atoms with Gasteiger partial charge < -0.3 is 10.5 Å². The van der Waals surface area contributed by atoms with Crippen LogP contribution in [0.4, 0.5) is 0 Å². The van der Waals surface area contributed by atoms with E-state index in [0.717, 1.165) is 12.0 Å². The molecule has 0 aromatic carbocycles. The third-order valence-electron chi connectivity index (χ3n) is 5.73. The molecule has 0 heterocycles. The SMILES string of the molecule is C=C(C)C[C@H](N)C(=O)OCC.CC1(C)[C@H]2CC[C@]1(CS(=O)(=O)O)C(=O)C2. The molecule has 2 aliphatic carbocycles. The van der Waals surface area contributed by atoms with Crippen LogP contribution in [-0.4, -0.2) is 43.1 Å². The summed E-state index contributed by atoms with van der Waals surface area (Å²) in [6, 6.07) is -0.549. The van der Waals surface area contributed by atoms with Gasteiger partial charge in [-0.25, -0.2) is 0 Å². The van der Waals surface area contributed by atoms with Crippen molar-refractivity contribution in [2.45, 2.75) is 59.4 Å². The number of carbonyl (C=O) groups excluding carboxylic acids is 2. The van der Waals surface area contributed by atoms with E-state index in [2.05, 4.69) is 6.58 Å². The number of nitrogens with two attached hydrogens (primary N) is 1. The first-order chi connectivity index (χ1) is 11.8. The lowest BCUT2D eigenvalue weighted by Gasteiger charge is -2.35. The second kappa shape index (κ2) is 8.19.